The number of rotatable bonds is 7. The second-order valence-corrected chi connectivity index (χ2v) is 7.25. The molecule has 2 amide bonds. The van der Waals surface area contributed by atoms with Crippen molar-refractivity contribution < 1.29 is 9.59 Å². The second kappa shape index (κ2) is 9.53. The van der Waals surface area contributed by atoms with E-state index in [4.69, 9.17) is 0 Å². The third kappa shape index (κ3) is 5.54. The molecule has 2 rings (SSSR count). The number of hydrogen-bond donors (Lipinski definition) is 1. The Balaban J connectivity index is 1.97. The molecule has 1 N–H and O–H groups in total. The van der Waals surface area contributed by atoms with Gasteiger partial charge in [0.2, 0.25) is 5.91 Å². The molecule has 0 saturated carbocycles. The Morgan fingerprint density at radius 1 is 1.04 bits per heavy atom. The van der Waals surface area contributed by atoms with Gasteiger partial charge in [-0.15, -0.1) is 11.8 Å². The first kappa shape index (κ1) is 19.4. The summed E-state index contributed by atoms with van der Waals surface area (Å²) in [5.74, 6) is 0.544. The van der Waals surface area contributed by atoms with E-state index in [1.165, 1.54) is 10.5 Å². The van der Waals surface area contributed by atoms with E-state index in [1.807, 2.05) is 61.0 Å². The SMILES string of the molecule is CSCc1ccc(C(=O)N(C)CC(=O)Nc2ccccc2SC)cc1. The Morgan fingerprint density at radius 3 is 2.36 bits per heavy atom. The van der Waals surface area contributed by atoms with Crippen LogP contribution in [0.4, 0.5) is 5.69 Å². The van der Waals surface area contributed by atoms with Crippen LogP contribution >= 0.6 is 23.5 Å². The van der Waals surface area contributed by atoms with Crippen LogP contribution in [0.15, 0.2) is 53.4 Å². The largest absolute Gasteiger partial charge is 0.332 e. The number of anilines is 1. The molecule has 132 valence electrons. The lowest BCUT2D eigenvalue weighted by atomic mass is 10.1. The Kier molecular flexibility index (Phi) is 7.40. The van der Waals surface area contributed by atoms with Crippen LogP contribution in [0.25, 0.3) is 0 Å². The molecule has 0 fully saturated rings. The zero-order valence-electron chi connectivity index (χ0n) is 14.6. The number of thioether (sulfide) groups is 2. The maximum atomic E-state index is 12.5. The van der Waals surface area contributed by atoms with Crippen molar-refractivity contribution >= 4 is 41.0 Å². The summed E-state index contributed by atoms with van der Waals surface area (Å²) in [5.41, 5.74) is 2.53. The van der Waals surface area contributed by atoms with Gasteiger partial charge in [-0.25, -0.2) is 0 Å². The van der Waals surface area contributed by atoms with Crippen molar-refractivity contribution in [3.05, 3.63) is 59.7 Å². The van der Waals surface area contributed by atoms with Gasteiger partial charge in [-0.05, 0) is 42.3 Å². The molecule has 0 atom stereocenters. The van der Waals surface area contributed by atoms with E-state index in [2.05, 4.69) is 5.32 Å². The predicted molar refractivity (Wildman–Crippen MR) is 107 cm³/mol. The average molecular weight is 375 g/mol. The Morgan fingerprint density at radius 2 is 1.72 bits per heavy atom. The van der Waals surface area contributed by atoms with E-state index in [9.17, 15) is 9.59 Å². The van der Waals surface area contributed by atoms with Crippen LogP contribution in [0.1, 0.15) is 15.9 Å². The molecule has 0 saturated heterocycles. The molecule has 0 aliphatic carbocycles. The van der Waals surface area contributed by atoms with E-state index < -0.39 is 0 Å². The first-order chi connectivity index (χ1) is 12.0. The average Bonchev–Trinajstić information content (AvgIpc) is 2.62. The number of benzene rings is 2. The Labute approximate surface area is 157 Å². The third-order valence-corrected chi connectivity index (χ3v) is 5.04. The predicted octanol–water partition coefficient (Wildman–Crippen LogP) is 3.98. The minimum absolute atomic E-state index is 0.00805. The summed E-state index contributed by atoms with van der Waals surface area (Å²) < 4.78 is 0. The highest BCUT2D eigenvalue weighted by Crippen LogP contribution is 2.24. The van der Waals surface area contributed by atoms with Gasteiger partial charge in [0, 0.05) is 23.3 Å². The van der Waals surface area contributed by atoms with Crippen molar-refractivity contribution in [1.82, 2.24) is 4.90 Å². The molecule has 0 aromatic heterocycles. The zero-order chi connectivity index (χ0) is 18.2. The number of para-hydroxylation sites is 1. The highest BCUT2D eigenvalue weighted by atomic mass is 32.2. The molecule has 4 nitrogen and oxygen atoms in total. The standard InChI is InChI=1S/C19H22N2O2S2/c1-21(19(23)15-10-8-14(9-11-15)13-24-2)12-18(22)20-16-6-4-5-7-17(16)25-3/h4-11H,12-13H2,1-3H3,(H,20,22). The number of hydrogen-bond acceptors (Lipinski definition) is 4. The molecule has 0 spiro atoms. The Bertz CT molecular complexity index is 732. The van der Waals surface area contributed by atoms with E-state index in [-0.39, 0.29) is 18.4 Å². The topological polar surface area (TPSA) is 49.4 Å². The molecule has 6 heteroatoms. The molecule has 25 heavy (non-hydrogen) atoms. The summed E-state index contributed by atoms with van der Waals surface area (Å²) in [6.07, 6.45) is 4.00. The van der Waals surface area contributed by atoms with Gasteiger partial charge in [0.25, 0.3) is 5.91 Å². The van der Waals surface area contributed by atoms with E-state index in [0.717, 1.165) is 16.3 Å². The van der Waals surface area contributed by atoms with Gasteiger partial charge in [-0.1, -0.05) is 24.3 Å². The van der Waals surface area contributed by atoms with Gasteiger partial charge >= 0.3 is 0 Å². The maximum absolute atomic E-state index is 12.5. The summed E-state index contributed by atoms with van der Waals surface area (Å²) in [5, 5.41) is 2.87. The van der Waals surface area contributed by atoms with Gasteiger partial charge in [-0.3, -0.25) is 9.59 Å². The summed E-state index contributed by atoms with van der Waals surface area (Å²) >= 11 is 3.31. The fraction of sp³-hybridized carbons (Fsp3) is 0.263. The number of nitrogens with one attached hydrogen (secondary N) is 1. The monoisotopic (exact) mass is 374 g/mol. The normalized spacial score (nSPS) is 10.4. The van der Waals surface area contributed by atoms with E-state index in [0.29, 0.717) is 5.56 Å². The smallest absolute Gasteiger partial charge is 0.254 e. The summed E-state index contributed by atoms with van der Waals surface area (Å²) in [6.45, 7) is 0.00805. The molecular formula is C19H22N2O2S2. The van der Waals surface area contributed by atoms with Crippen molar-refractivity contribution in [3.63, 3.8) is 0 Å². The lowest BCUT2D eigenvalue weighted by molar-refractivity contribution is -0.116. The molecule has 0 aliphatic rings. The number of nitrogens with zero attached hydrogens (tertiary/aromatic N) is 1. The first-order valence-electron chi connectivity index (χ1n) is 7.81. The van der Waals surface area contributed by atoms with Gasteiger partial charge in [-0.2, -0.15) is 11.8 Å². The van der Waals surface area contributed by atoms with Gasteiger partial charge in [0.1, 0.15) is 0 Å². The van der Waals surface area contributed by atoms with Crippen LogP contribution in [-0.2, 0) is 10.5 Å². The lowest BCUT2D eigenvalue weighted by Gasteiger charge is -2.17. The molecule has 0 heterocycles. The highest BCUT2D eigenvalue weighted by Gasteiger charge is 2.15. The van der Waals surface area contributed by atoms with Gasteiger partial charge in [0.05, 0.1) is 12.2 Å². The van der Waals surface area contributed by atoms with Crippen LogP contribution in [0, 0.1) is 0 Å². The van der Waals surface area contributed by atoms with Crippen molar-refractivity contribution in [2.45, 2.75) is 10.6 Å². The molecule has 0 bridgehead atoms. The quantitative estimate of drug-likeness (QED) is 0.745. The van der Waals surface area contributed by atoms with Crippen molar-refractivity contribution in [3.8, 4) is 0 Å². The lowest BCUT2D eigenvalue weighted by Crippen LogP contribution is -2.35. The molecule has 0 radical (unpaired) electrons. The minimum Gasteiger partial charge on any atom is -0.332 e. The van der Waals surface area contributed by atoms with Gasteiger partial charge < -0.3 is 10.2 Å². The number of amides is 2. The Hall–Kier alpha value is -1.92. The minimum atomic E-state index is -0.212. The van der Waals surface area contributed by atoms with Crippen LogP contribution in [0.3, 0.4) is 0 Å². The van der Waals surface area contributed by atoms with Crippen molar-refractivity contribution in [2.75, 3.05) is 31.4 Å². The zero-order valence-corrected chi connectivity index (χ0v) is 16.2. The fourth-order valence-corrected chi connectivity index (χ4v) is 3.43. The molecule has 0 unspecified atom stereocenters. The third-order valence-electron chi connectivity index (χ3n) is 3.62. The molecular weight excluding hydrogens is 352 g/mol. The van der Waals surface area contributed by atoms with Crippen LogP contribution in [-0.4, -0.2) is 42.8 Å². The molecule has 0 aliphatic heterocycles. The second-order valence-electron chi connectivity index (χ2n) is 5.54. The van der Waals surface area contributed by atoms with Crippen molar-refractivity contribution in [2.24, 2.45) is 0 Å². The number of carbonyl (C=O) groups excluding carboxylic acids is 2. The van der Waals surface area contributed by atoms with Gasteiger partial charge in [0.15, 0.2) is 0 Å². The van der Waals surface area contributed by atoms with Crippen LogP contribution in [0.5, 0.6) is 0 Å². The number of likely N-dealkylation sites (N-methyl/N-ethyl adjacent to an activating group) is 1. The summed E-state index contributed by atoms with van der Waals surface area (Å²) in [4.78, 5) is 27.1. The maximum Gasteiger partial charge on any atom is 0.254 e. The molecule has 2 aromatic rings. The summed E-state index contributed by atoms with van der Waals surface area (Å²) in [6, 6.07) is 15.1. The van der Waals surface area contributed by atoms with Crippen LogP contribution < -0.4 is 5.32 Å². The fourth-order valence-electron chi connectivity index (χ4n) is 2.36. The first-order valence-corrected chi connectivity index (χ1v) is 10.4. The molecule has 2 aromatic carbocycles. The number of carbonyl (C=O) groups is 2. The van der Waals surface area contributed by atoms with Crippen molar-refractivity contribution in [1.29, 1.82) is 0 Å². The van der Waals surface area contributed by atoms with E-state index >= 15 is 0 Å². The summed E-state index contributed by atoms with van der Waals surface area (Å²) in [7, 11) is 1.64. The van der Waals surface area contributed by atoms with E-state index in [1.54, 1.807) is 30.6 Å². The highest BCUT2D eigenvalue weighted by molar-refractivity contribution is 7.98. The van der Waals surface area contributed by atoms with Crippen LogP contribution in [0.2, 0.25) is 0 Å².